The molecule has 0 aliphatic rings. The Bertz CT molecular complexity index is 458. The van der Waals surface area contributed by atoms with Crippen LogP contribution in [0.1, 0.15) is 23.7 Å². The lowest BCUT2D eigenvalue weighted by atomic mass is 10.1. The van der Waals surface area contributed by atoms with Crippen molar-refractivity contribution in [2.75, 3.05) is 26.1 Å². The lowest BCUT2D eigenvalue weighted by Crippen LogP contribution is -2.13. The van der Waals surface area contributed by atoms with E-state index in [4.69, 9.17) is 15.2 Å². The van der Waals surface area contributed by atoms with E-state index < -0.39 is 11.9 Å². The summed E-state index contributed by atoms with van der Waals surface area (Å²) in [5.74, 6) is -0.724. The van der Waals surface area contributed by atoms with Crippen LogP contribution in [0.15, 0.2) is 18.2 Å². The largest absolute Gasteiger partial charge is 0.491 e. The van der Waals surface area contributed by atoms with Gasteiger partial charge >= 0.3 is 11.9 Å². The normalized spacial score (nSPS) is 9.79. The highest BCUT2D eigenvalue weighted by atomic mass is 16.5. The lowest BCUT2D eigenvalue weighted by molar-refractivity contribution is -0.141. The van der Waals surface area contributed by atoms with Crippen LogP contribution in [0.2, 0.25) is 0 Å². The molecule has 0 fully saturated rings. The average Bonchev–Trinajstić information content (AvgIpc) is 2.40. The number of nitrogens with two attached hydrogens (primary N) is 1. The lowest BCUT2D eigenvalue weighted by Gasteiger charge is -2.11. The Hall–Kier alpha value is -2.24. The van der Waals surface area contributed by atoms with Crippen molar-refractivity contribution in [3.8, 4) is 5.75 Å². The van der Waals surface area contributed by atoms with Gasteiger partial charge in [-0.1, -0.05) is 6.07 Å². The highest BCUT2D eigenvalue weighted by molar-refractivity contribution is 5.94. The Morgan fingerprint density at radius 3 is 2.68 bits per heavy atom. The predicted octanol–water partition coefficient (Wildman–Crippen LogP) is 1.39. The van der Waals surface area contributed by atoms with Crippen LogP contribution in [0.3, 0.4) is 0 Å². The molecule has 2 N–H and O–H groups in total. The number of benzene rings is 1. The van der Waals surface area contributed by atoms with Crippen LogP contribution in [0, 0.1) is 0 Å². The topological polar surface area (TPSA) is 87.9 Å². The minimum atomic E-state index is -0.584. The summed E-state index contributed by atoms with van der Waals surface area (Å²) in [6.45, 7) is 2.13. The van der Waals surface area contributed by atoms with Crippen molar-refractivity contribution in [3.63, 3.8) is 0 Å². The van der Waals surface area contributed by atoms with E-state index in [-0.39, 0.29) is 18.6 Å². The zero-order valence-electron chi connectivity index (χ0n) is 11.0. The van der Waals surface area contributed by atoms with Gasteiger partial charge < -0.3 is 19.9 Å². The molecule has 0 saturated heterocycles. The van der Waals surface area contributed by atoms with Crippen LogP contribution in [0.4, 0.5) is 5.69 Å². The Morgan fingerprint density at radius 1 is 1.32 bits per heavy atom. The van der Waals surface area contributed by atoms with Crippen molar-refractivity contribution in [3.05, 3.63) is 23.8 Å². The predicted molar refractivity (Wildman–Crippen MR) is 68.9 cm³/mol. The van der Waals surface area contributed by atoms with Crippen molar-refractivity contribution in [1.82, 2.24) is 0 Å². The molecule has 0 bridgehead atoms. The number of carbonyl (C=O) groups excluding carboxylic acids is 2. The van der Waals surface area contributed by atoms with Gasteiger partial charge in [0.1, 0.15) is 12.2 Å². The molecule has 0 atom stereocenters. The van der Waals surface area contributed by atoms with Crippen molar-refractivity contribution in [2.45, 2.75) is 13.3 Å². The second kappa shape index (κ2) is 7.25. The van der Waals surface area contributed by atoms with Gasteiger partial charge in [0.15, 0.2) is 5.75 Å². The minimum Gasteiger partial charge on any atom is -0.491 e. The molecule has 1 aromatic rings. The molecule has 6 heteroatoms. The van der Waals surface area contributed by atoms with Gasteiger partial charge in [-0.2, -0.15) is 0 Å². The van der Waals surface area contributed by atoms with Crippen LogP contribution < -0.4 is 10.5 Å². The number of hydrogen-bond acceptors (Lipinski definition) is 6. The molecule has 6 nitrogen and oxygen atoms in total. The monoisotopic (exact) mass is 267 g/mol. The fourth-order valence-corrected chi connectivity index (χ4v) is 1.43. The van der Waals surface area contributed by atoms with E-state index >= 15 is 0 Å². The first kappa shape index (κ1) is 14.8. The Balaban J connectivity index is 2.71. The van der Waals surface area contributed by atoms with Crippen molar-refractivity contribution >= 4 is 17.6 Å². The summed E-state index contributed by atoms with van der Waals surface area (Å²) in [5, 5.41) is 0. The molecule has 1 rings (SSSR count). The number of esters is 2. The molecule has 0 spiro atoms. The number of nitrogen functional groups attached to an aromatic ring is 1. The highest BCUT2D eigenvalue weighted by Crippen LogP contribution is 2.27. The third-order valence-electron chi connectivity index (χ3n) is 2.32. The number of anilines is 1. The smallest absolute Gasteiger partial charge is 0.342 e. The standard InChI is InChI=1S/C13H17NO5/c1-3-18-12-9(5-4-6-10(12)14)13(16)19-8-7-11(15)17-2/h4-6H,3,7-8,14H2,1-2H3. The first-order valence-corrected chi connectivity index (χ1v) is 5.85. The van der Waals surface area contributed by atoms with Crippen molar-refractivity contribution in [1.29, 1.82) is 0 Å². The number of ether oxygens (including phenoxy) is 3. The summed E-state index contributed by atoms with van der Waals surface area (Å²) in [6.07, 6.45) is 0.00846. The van der Waals surface area contributed by atoms with Gasteiger partial charge in [0.25, 0.3) is 0 Å². The summed E-state index contributed by atoms with van der Waals surface area (Å²) < 4.78 is 14.7. The SMILES string of the molecule is CCOc1c(N)cccc1C(=O)OCCC(=O)OC. The number of methoxy groups -OCH3 is 1. The van der Waals surface area contributed by atoms with Crippen molar-refractivity contribution in [2.24, 2.45) is 0 Å². The minimum absolute atomic E-state index is 0.00846. The van der Waals surface area contributed by atoms with E-state index in [9.17, 15) is 9.59 Å². The third-order valence-corrected chi connectivity index (χ3v) is 2.32. The maximum atomic E-state index is 11.9. The van der Waals surface area contributed by atoms with Gasteiger partial charge in [0.05, 0.1) is 25.8 Å². The Labute approximate surface area is 111 Å². The van der Waals surface area contributed by atoms with Gasteiger partial charge in [-0.3, -0.25) is 4.79 Å². The first-order chi connectivity index (χ1) is 9.10. The van der Waals surface area contributed by atoms with Crippen LogP contribution in [0.25, 0.3) is 0 Å². The van der Waals surface area contributed by atoms with Gasteiger partial charge in [0.2, 0.25) is 0 Å². The molecule has 0 radical (unpaired) electrons. The van der Waals surface area contributed by atoms with Crippen LogP contribution in [0.5, 0.6) is 5.75 Å². The maximum absolute atomic E-state index is 11.9. The second-order valence-electron chi connectivity index (χ2n) is 3.62. The Morgan fingerprint density at radius 2 is 2.05 bits per heavy atom. The first-order valence-electron chi connectivity index (χ1n) is 5.85. The van der Waals surface area contributed by atoms with Crippen LogP contribution in [-0.4, -0.2) is 32.3 Å². The van der Waals surface area contributed by atoms with Crippen LogP contribution in [-0.2, 0) is 14.3 Å². The molecule has 19 heavy (non-hydrogen) atoms. The molecule has 104 valence electrons. The molecule has 0 unspecified atom stereocenters. The number of carbonyl (C=O) groups is 2. The van der Waals surface area contributed by atoms with E-state index in [1.54, 1.807) is 25.1 Å². The molecule has 0 aliphatic heterocycles. The molecule has 1 aromatic carbocycles. The summed E-state index contributed by atoms with van der Waals surface area (Å²) in [7, 11) is 1.27. The quantitative estimate of drug-likeness (QED) is 0.619. The number of para-hydroxylation sites is 1. The summed E-state index contributed by atoms with van der Waals surface area (Å²) in [5.41, 5.74) is 6.34. The van der Waals surface area contributed by atoms with E-state index in [2.05, 4.69) is 4.74 Å². The van der Waals surface area contributed by atoms with E-state index in [1.165, 1.54) is 7.11 Å². The molecular formula is C13H17NO5. The molecular weight excluding hydrogens is 250 g/mol. The third kappa shape index (κ3) is 4.17. The average molecular weight is 267 g/mol. The maximum Gasteiger partial charge on any atom is 0.342 e. The number of rotatable bonds is 6. The highest BCUT2D eigenvalue weighted by Gasteiger charge is 2.16. The van der Waals surface area contributed by atoms with Gasteiger partial charge in [-0.25, -0.2) is 4.79 Å². The molecule has 0 amide bonds. The van der Waals surface area contributed by atoms with Gasteiger partial charge in [-0.05, 0) is 19.1 Å². The molecule has 0 aromatic heterocycles. The fourth-order valence-electron chi connectivity index (χ4n) is 1.43. The zero-order chi connectivity index (χ0) is 14.3. The molecule has 0 aliphatic carbocycles. The Kier molecular flexibility index (Phi) is 5.66. The van der Waals surface area contributed by atoms with Crippen molar-refractivity contribution < 1.29 is 23.8 Å². The van der Waals surface area contributed by atoms with E-state index in [1.807, 2.05) is 0 Å². The second-order valence-corrected chi connectivity index (χ2v) is 3.62. The molecule has 0 heterocycles. The fraction of sp³-hybridized carbons (Fsp3) is 0.385. The van der Waals surface area contributed by atoms with E-state index in [0.29, 0.717) is 18.0 Å². The number of hydrogen-bond donors (Lipinski definition) is 1. The molecule has 0 saturated carbocycles. The summed E-state index contributed by atoms with van der Waals surface area (Å²) >= 11 is 0. The van der Waals surface area contributed by atoms with E-state index in [0.717, 1.165) is 0 Å². The van der Waals surface area contributed by atoms with Gasteiger partial charge in [0, 0.05) is 0 Å². The summed E-state index contributed by atoms with van der Waals surface area (Å²) in [6, 6.07) is 4.83. The van der Waals surface area contributed by atoms with Gasteiger partial charge in [-0.15, -0.1) is 0 Å². The van der Waals surface area contributed by atoms with Crippen LogP contribution >= 0.6 is 0 Å². The summed E-state index contributed by atoms with van der Waals surface area (Å²) in [4.78, 5) is 22.7. The zero-order valence-corrected chi connectivity index (χ0v) is 11.0.